The van der Waals surface area contributed by atoms with E-state index in [-0.39, 0.29) is 0 Å². The van der Waals surface area contributed by atoms with E-state index in [4.69, 9.17) is 4.42 Å². The van der Waals surface area contributed by atoms with E-state index in [2.05, 4.69) is 54.2 Å². The molecular formula is C15H18BrNO. The molecule has 1 heterocycles. The van der Waals surface area contributed by atoms with Gasteiger partial charge in [0.2, 0.25) is 0 Å². The summed E-state index contributed by atoms with van der Waals surface area (Å²) in [4.78, 5) is 0. The molecule has 1 N–H and O–H groups in total. The second-order valence-electron chi connectivity index (χ2n) is 4.74. The third-order valence-electron chi connectivity index (χ3n) is 2.98. The van der Waals surface area contributed by atoms with Crippen LogP contribution in [0.1, 0.15) is 23.8 Å². The number of benzene rings is 1. The van der Waals surface area contributed by atoms with Gasteiger partial charge in [-0.05, 0) is 56.2 Å². The summed E-state index contributed by atoms with van der Waals surface area (Å²) >= 11 is 3.52. The van der Waals surface area contributed by atoms with Crippen LogP contribution < -0.4 is 5.32 Å². The van der Waals surface area contributed by atoms with Crippen LogP contribution in [-0.2, 0) is 6.42 Å². The number of hydrogen-bond acceptors (Lipinski definition) is 2. The van der Waals surface area contributed by atoms with Crippen molar-refractivity contribution in [1.29, 1.82) is 0 Å². The van der Waals surface area contributed by atoms with Gasteiger partial charge in [0.15, 0.2) is 0 Å². The molecule has 0 aliphatic carbocycles. The van der Waals surface area contributed by atoms with Crippen molar-refractivity contribution in [2.75, 3.05) is 5.32 Å². The van der Waals surface area contributed by atoms with E-state index in [0.717, 1.165) is 16.7 Å². The standard InChI is InChI=1S/C15H18BrNO/c1-10-7-13(16)8-11(2)15(10)17-12(3)9-14-5-4-6-18-14/h4-8,12,17H,9H2,1-3H3. The Morgan fingerprint density at radius 3 is 2.50 bits per heavy atom. The van der Waals surface area contributed by atoms with E-state index in [1.54, 1.807) is 6.26 Å². The number of nitrogens with one attached hydrogen (secondary N) is 1. The molecule has 2 nitrogen and oxygen atoms in total. The van der Waals surface area contributed by atoms with Gasteiger partial charge in [-0.15, -0.1) is 0 Å². The number of furan rings is 1. The van der Waals surface area contributed by atoms with E-state index in [1.165, 1.54) is 16.8 Å². The first-order valence-electron chi connectivity index (χ1n) is 6.12. The van der Waals surface area contributed by atoms with Gasteiger partial charge in [-0.2, -0.15) is 0 Å². The molecule has 18 heavy (non-hydrogen) atoms. The van der Waals surface area contributed by atoms with Gasteiger partial charge >= 0.3 is 0 Å². The number of aryl methyl sites for hydroxylation is 2. The fraction of sp³-hybridized carbons (Fsp3) is 0.333. The Bertz CT molecular complexity index is 496. The van der Waals surface area contributed by atoms with E-state index in [0.29, 0.717) is 6.04 Å². The Morgan fingerprint density at radius 1 is 1.28 bits per heavy atom. The molecule has 2 rings (SSSR count). The smallest absolute Gasteiger partial charge is 0.105 e. The number of hydrogen-bond donors (Lipinski definition) is 1. The highest BCUT2D eigenvalue weighted by Crippen LogP contribution is 2.26. The fourth-order valence-corrected chi connectivity index (χ4v) is 2.85. The maximum Gasteiger partial charge on any atom is 0.105 e. The maximum atomic E-state index is 5.37. The first-order valence-corrected chi connectivity index (χ1v) is 6.91. The van der Waals surface area contributed by atoms with Gasteiger partial charge in [0.25, 0.3) is 0 Å². The lowest BCUT2D eigenvalue weighted by Crippen LogP contribution is -2.19. The zero-order valence-corrected chi connectivity index (χ0v) is 12.5. The molecule has 1 atom stereocenters. The highest BCUT2D eigenvalue weighted by atomic mass is 79.9. The Kier molecular flexibility index (Phi) is 4.12. The molecule has 0 saturated heterocycles. The van der Waals surface area contributed by atoms with Gasteiger partial charge in [0.1, 0.15) is 5.76 Å². The average molecular weight is 308 g/mol. The summed E-state index contributed by atoms with van der Waals surface area (Å²) in [5.74, 6) is 1.02. The molecule has 0 aliphatic rings. The molecule has 0 amide bonds. The Balaban J connectivity index is 2.09. The SMILES string of the molecule is Cc1cc(Br)cc(C)c1NC(C)Cc1ccco1. The molecule has 0 fully saturated rings. The lowest BCUT2D eigenvalue weighted by atomic mass is 10.1. The predicted octanol–water partition coefficient (Wildman–Crippen LogP) is 4.70. The predicted molar refractivity (Wildman–Crippen MR) is 79.1 cm³/mol. The third-order valence-corrected chi connectivity index (χ3v) is 3.43. The summed E-state index contributed by atoms with van der Waals surface area (Å²) in [6, 6.07) is 8.55. The molecule has 0 spiro atoms. The van der Waals surface area contributed by atoms with Crippen LogP contribution in [0.4, 0.5) is 5.69 Å². The third kappa shape index (κ3) is 3.16. The number of halogens is 1. The van der Waals surface area contributed by atoms with Crippen LogP contribution in [-0.4, -0.2) is 6.04 Å². The van der Waals surface area contributed by atoms with E-state index in [9.17, 15) is 0 Å². The molecule has 0 saturated carbocycles. The van der Waals surface area contributed by atoms with Crippen molar-refractivity contribution in [3.05, 3.63) is 51.9 Å². The van der Waals surface area contributed by atoms with Gasteiger partial charge in [-0.25, -0.2) is 0 Å². The molecule has 1 aromatic carbocycles. The van der Waals surface area contributed by atoms with Crippen LogP contribution >= 0.6 is 15.9 Å². The quantitative estimate of drug-likeness (QED) is 0.885. The fourth-order valence-electron chi connectivity index (χ4n) is 2.17. The summed E-state index contributed by atoms with van der Waals surface area (Å²) in [7, 11) is 0. The second-order valence-corrected chi connectivity index (χ2v) is 5.66. The van der Waals surface area contributed by atoms with Gasteiger partial charge in [-0.3, -0.25) is 0 Å². The molecule has 0 bridgehead atoms. The summed E-state index contributed by atoms with van der Waals surface area (Å²) in [5.41, 5.74) is 3.73. The minimum Gasteiger partial charge on any atom is -0.469 e. The average Bonchev–Trinajstić information content (AvgIpc) is 2.76. The summed E-state index contributed by atoms with van der Waals surface area (Å²) in [6.07, 6.45) is 2.61. The van der Waals surface area contributed by atoms with Crippen molar-refractivity contribution in [1.82, 2.24) is 0 Å². The molecule has 96 valence electrons. The first-order chi connectivity index (χ1) is 8.56. The molecule has 1 unspecified atom stereocenters. The van der Waals surface area contributed by atoms with E-state index < -0.39 is 0 Å². The molecule has 0 radical (unpaired) electrons. The topological polar surface area (TPSA) is 25.2 Å². The summed E-state index contributed by atoms with van der Waals surface area (Å²) in [6.45, 7) is 6.42. The molecular weight excluding hydrogens is 290 g/mol. The van der Waals surface area contributed by atoms with Crippen molar-refractivity contribution in [2.24, 2.45) is 0 Å². The van der Waals surface area contributed by atoms with Crippen molar-refractivity contribution >= 4 is 21.6 Å². The van der Waals surface area contributed by atoms with Crippen molar-refractivity contribution in [3.63, 3.8) is 0 Å². The van der Waals surface area contributed by atoms with Crippen molar-refractivity contribution in [3.8, 4) is 0 Å². The van der Waals surface area contributed by atoms with Crippen molar-refractivity contribution < 1.29 is 4.42 Å². The highest BCUT2D eigenvalue weighted by molar-refractivity contribution is 9.10. The van der Waals surface area contributed by atoms with Crippen LogP contribution in [0.25, 0.3) is 0 Å². The zero-order chi connectivity index (χ0) is 13.1. The monoisotopic (exact) mass is 307 g/mol. The largest absolute Gasteiger partial charge is 0.469 e. The number of rotatable bonds is 4. The number of anilines is 1. The highest BCUT2D eigenvalue weighted by Gasteiger charge is 2.09. The van der Waals surface area contributed by atoms with Crippen LogP contribution in [0.5, 0.6) is 0 Å². The van der Waals surface area contributed by atoms with Gasteiger partial charge in [-0.1, -0.05) is 15.9 Å². The minimum absolute atomic E-state index is 0.342. The van der Waals surface area contributed by atoms with Crippen LogP contribution in [0.2, 0.25) is 0 Å². The van der Waals surface area contributed by atoms with Gasteiger partial charge < -0.3 is 9.73 Å². The van der Waals surface area contributed by atoms with Crippen molar-refractivity contribution in [2.45, 2.75) is 33.2 Å². The lowest BCUT2D eigenvalue weighted by molar-refractivity contribution is 0.497. The Morgan fingerprint density at radius 2 is 1.94 bits per heavy atom. The summed E-state index contributed by atoms with van der Waals surface area (Å²) in [5, 5.41) is 3.56. The summed E-state index contributed by atoms with van der Waals surface area (Å²) < 4.78 is 6.50. The molecule has 0 aliphatic heterocycles. The Labute approximate surface area is 117 Å². The minimum atomic E-state index is 0.342. The van der Waals surface area contributed by atoms with E-state index in [1.807, 2.05) is 12.1 Å². The second kappa shape index (κ2) is 5.61. The van der Waals surface area contributed by atoms with Gasteiger partial charge in [0.05, 0.1) is 6.26 Å². The normalized spacial score (nSPS) is 12.4. The molecule has 2 aromatic rings. The maximum absolute atomic E-state index is 5.37. The molecule has 3 heteroatoms. The van der Waals surface area contributed by atoms with Crippen LogP contribution in [0.3, 0.4) is 0 Å². The van der Waals surface area contributed by atoms with Crippen LogP contribution in [0.15, 0.2) is 39.4 Å². The van der Waals surface area contributed by atoms with E-state index >= 15 is 0 Å². The zero-order valence-electron chi connectivity index (χ0n) is 11.0. The molecule has 1 aromatic heterocycles. The Hall–Kier alpha value is -1.22. The lowest BCUT2D eigenvalue weighted by Gasteiger charge is -2.18. The first kappa shape index (κ1) is 13.2. The van der Waals surface area contributed by atoms with Gasteiger partial charge in [0, 0.05) is 22.6 Å². The van der Waals surface area contributed by atoms with Crippen LogP contribution in [0, 0.1) is 13.8 Å².